The Morgan fingerprint density at radius 2 is 0.560 bits per heavy atom. The Hall–Kier alpha value is -1.11. The zero-order valence-corrected chi connectivity index (χ0v) is 16.0. The summed E-state index contributed by atoms with van der Waals surface area (Å²) < 4.78 is 0. The molecule has 2 aromatic carbocycles. The van der Waals surface area contributed by atoms with E-state index >= 15 is 0 Å². The van der Waals surface area contributed by atoms with Crippen molar-refractivity contribution in [3.8, 4) is 0 Å². The summed E-state index contributed by atoms with van der Waals surface area (Å²) in [5.74, 6) is 0. The maximum atomic E-state index is 3.72. The van der Waals surface area contributed by atoms with Gasteiger partial charge in [0, 0.05) is 0 Å². The third-order valence-corrected chi connectivity index (χ3v) is 2.80. The first-order chi connectivity index (χ1) is 11.8. The zero-order chi connectivity index (χ0) is 17.3. The largest absolute Gasteiger partial charge is 2.00 e. The predicted octanol–water partition coefficient (Wildman–Crippen LogP) is 5.78. The zero-order valence-electron chi connectivity index (χ0n) is 14.5. The van der Waals surface area contributed by atoms with E-state index < -0.39 is 0 Å². The van der Waals surface area contributed by atoms with Crippen LogP contribution in [-0.4, -0.2) is 0 Å². The van der Waals surface area contributed by atoms with Gasteiger partial charge in [-0.1, -0.05) is 12.1 Å². The van der Waals surface area contributed by atoms with Gasteiger partial charge in [-0.2, -0.15) is 49.2 Å². The van der Waals surface area contributed by atoms with E-state index in [1.54, 1.807) is 0 Å². The monoisotopic (exact) mass is 360 g/mol. The second-order valence-electron chi connectivity index (χ2n) is 4.90. The third kappa shape index (κ3) is 16.1. The van der Waals surface area contributed by atoms with Crippen molar-refractivity contribution >= 4 is 0 Å². The summed E-state index contributed by atoms with van der Waals surface area (Å²) in [5.41, 5.74) is 2.14. The van der Waals surface area contributed by atoms with E-state index in [1.807, 2.05) is 125 Å². The molecule has 0 unspecified atom stereocenters. The van der Waals surface area contributed by atoms with Crippen LogP contribution in [0, 0.1) is 78.1 Å². The maximum absolute atomic E-state index is 3.72. The molecule has 10 radical (unpaired) electrons. The van der Waals surface area contributed by atoms with Gasteiger partial charge in [-0.25, -0.2) is 0 Å². The Kier molecular flexibility index (Phi) is 16.9. The van der Waals surface area contributed by atoms with E-state index in [-0.39, 0.29) is 21.7 Å². The number of benzene rings is 2. The first kappa shape index (κ1) is 23.9. The van der Waals surface area contributed by atoms with E-state index in [0.717, 1.165) is 11.1 Å². The van der Waals surface area contributed by atoms with Crippen molar-refractivity contribution in [1.82, 2.24) is 0 Å². The molecule has 124 valence electrons. The van der Waals surface area contributed by atoms with Crippen molar-refractivity contribution in [2.24, 2.45) is 0 Å². The van der Waals surface area contributed by atoms with Gasteiger partial charge < -0.3 is 0 Å². The van der Waals surface area contributed by atoms with Gasteiger partial charge in [0.25, 0.3) is 0 Å². The fraction of sp³-hybridized carbons (Fsp3) is 0. The van der Waals surface area contributed by atoms with Crippen molar-refractivity contribution in [3.63, 3.8) is 0 Å². The molecule has 0 bridgehead atoms. The smallest absolute Gasteiger partial charge is 0.199 e. The molecule has 2 aliphatic rings. The number of hydrogen-bond donors (Lipinski definition) is 0. The van der Waals surface area contributed by atoms with Crippen LogP contribution in [0.5, 0.6) is 0 Å². The Balaban J connectivity index is 0.000000307. The summed E-state index contributed by atoms with van der Waals surface area (Å²) in [7, 11) is 0. The quantitative estimate of drug-likeness (QED) is 0.413. The van der Waals surface area contributed by atoms with Gasteiger partial charge >= 0.3 is 21.7 Å². The second-order valence-corrected chi connectivity index (χ2v) is 4.90. The summed E-state index contributed by atoms with van der Waals surface area (Å²) in [6.07, 6.45) is 20.0. The van der Waals surface area contributed by atoms with Crippen LogP contribution in [0.1, 0.15) is 11.1 Å². The molecule has 2 aliphatic carbocycles. The van der Waals surface area contributed by atoms with Crippen LogP contribution >= 0.6 is 0 Å². The summed E-state index contributed by atoms with van der Waals surface area (Å²) in [6.45, 7) is 7.44. The number of hydrogen-bond acceptors (Lipinski definition) is 0. The average molecular weight is 360 g/mol. The van der Waals surface area contributed by atoms with Gasteiger partial charge in [-0.05, 0) is 64.2 Å². The summed E-state index contributed by atoms with van der Waals surface area (Å²) in [6, 6.07) is 19.7. The van der Waals surface area contributed by atoms with Gasteiger partial charge in [0.1, 0.15) is 0 Å². The van der Waals surface area contributed by atoms with Crippen LogP contribution in [0.2, 0.25) is 0 Å². The van der Waals surface area contributed by atoms with E-state index in [9.17, 15) is 0 Å². The third-order valence-electron chi connectivity index (χ3n) is 2.80. The fourth-order valence-electron chi connectivity index (χ4n) is 1.60. The maximum Gasteiger partial charge on any atom is 2.00 e. The molecule has 0 saturated heterocycles. The number of rotatable bonds is 0. The molecule has 1 heteroatoms. The molecular weight excluding hydrogens is 336 g/mol. The molecule has 0 amide bonds. The SMILES string of the molecule is [CH2-]c1ccccc1.[CH2-]c1ccccc1.[CH]1[CH][CH][CH][CH]1.[CH]1[CH][CH][CH][CH]1.[Ti+2]. The Morgan fingerprint density at radius 3 is 0.680 bits per heavy atom. The average Bonchev–Trinajstić information content (AvgIpc) is 3.36. The first-order valence-corrected chi connectivity index (χ1v) is 7.86. The van der Waals surface area contributed by atoms with Crippen LogP contribution in [0.25, 0.3) is 0 Å². The van der Waals surface area contributed by atoms with Gasteiger partial charge in [-0.15, -0.1) is 24.3 Å². The topological polar surface area (TPSA) is 0 Å². The van der Waals surface area contributed by atoms with Crippen molar-refractivity contribution in [2.75, 3.05) is 0 Å². The molecule has 25 heavy (non-hydrogen) atoms. The molecular formula is C24H24Ti. The minimum atomic E-state index is 0. The Labute approximate surface area is 171 Å². The van der Waals surface area contributed by atoms with E-state index in [1.165, 1.54) is 0 Å². The van der Waals surface area contributed by atoms with Crippen molar-refractivity contribution in [3.05, 3.63) is 150 Å². The van der Waals surface area contributed by atoms with Crippen molar-refractivity contribution in [1.29, 1.82) is 0 Å². The molecule has 4 rings (SSSR count). The Bertz CT molecular complexity index is 407. The molecule has 2 aromatic rings. The van der Waals surface area contributed by atoms with E-state index in [4.69, 9.17) is 0 Å². The minimum absolute atomic E-state index is 0. The molecule has 0 aromatic heterocycles. The molecule has 0 nitrogen and oxygen atoms in total. The standard InChI is InChI=1S/2C7H7.2C5H5.Ti/c2*1-7-5-3-2-4-6-7;2*1-2-4-5-3-1;/h2*2-6H,1H2;2*1-5H;/q2*-1;;;+2. The van der Waals surface area contributed by atoms with Gasteiger partial charge in [-0.3, -0.25) is 0 Å². The van der Waals surface area contributed by atoms with Crippen LogP contribution < -0.4 is 0 Å². The van der Waals surface area contributed by atoms with Crippen LogP contribution in [-0.2, 0) is 21.7 Å². The van der Waals surface area contributed by atoms with Crippen molar-refractivity contribution < 1.29 is 21.7 Å². The fourth-order valence-corrected chi connectivity index (χ4v) is 1.60. The van der Waals surface area contributed by atoms with Crippen LogP contribution in [0.4, 0.5) is 0 Å². The Morgan fingerprint density at radius 1 is 0.360 bits per heavy atom. The molecule has 0 heterocycles. The molecule has 2 saturated carbocycles. The molecule has 0 aliphatic heterocycles. The second kappa shape index (κ2) is 17.7. The summed E-state index contributed by atoms with van der Waals surface area (Å²) in [4.78, 5) is 0. The van der Waals surface area contributed by atoms with Crippen molar-refractivity contribution in [2.45, 2.75) is 0 Å². The van der Waals surface area contributed by atoms with E-state index in [2.05, 4.69) is 13.8 Å². The predicted molar refractivity (Wildman–Crippen MR) is 105 cm³/mol. The molecule has 2 fully saturated rings. The summed E-state index contributed by atoms with van der Waals surface area (Å²) >= 11 is 0. The van der Waals surface area contributed by atoms with E-state index in [0.29, 0.717) is 0 Å². The van der Waals surface area contributed by atoms with Crippen LogP contribution in [0.15, 0.2) is 60.7 Å². The van der Waals surface area contributed by atoms with Gasteiger partial charge in [0.15, 0.2) is 0 Å². The van der Waals surface area contributed by atoms with Gasteiger partial charge in [0.2, 0.25) is 0 Å². The molecule has 0 N–H and O–H groups in total. The first-order valence-electron chi connectivity index (χ1n) is 7.86. The molecule has 0 atom stereocenters. The normalized spacial score (nSPS) is 14.4. The molecule has 0 spiro atoms. The van der Waals surface area contributed by atoms with Crippen LogP contribution in [0.3, 0.4) is 0 Å². The summed E-state index contributed by atoms with van der Waals surface area (Å²) in [5, 5.41) is 0. The minimum Gasteiger partial charge on any atom is -0.199 e. The van der Waals surface area contributed by atoms with Gasteiger partial charge in [0.05, 0.1) is 0 Å².